The van der Waals surface area contributed by atoms with Gasteiger partial charge in [-0.2, -0.15) is 0 Å². The molecule has 4 rings (SSSR count). The number of aromatic nitrogens is 2. The zero-order chi connectivity index (χ0) is 24.5. The second-order valence-corrected chi connectivity index (χ2v) is 10.1. The number of nitrogens with one attached hydrogen (secondary N) is 2. The number of amides is 1. The highest BCUT2D eigenvalue weighted by atomic mass is 32.2. The summed E-state index contributed by atoms with van der Waals surface area (Å²) in [4.78, 5) is 16.9. The molecule has 0 unspecified atom stereocenters. The highest BCUT2D eigenvalue weighted by molar-refractivity contribution is 7.91. The first-order valence-corrected chi connectivity index (χ1v) is 12.4. The Morgan fingerprint density at radius 1 is 1.06 bits per heavy atom. The smallest absolute Gasteiger partial charge is 0.251 e. The number of hydrogen-bond donors (Lipinski definition) is 2. The van der Waals surface area contributed by atoms with Crippen molar-refractivity contribution in [2.75, 3.05) is 4.72 Å². The number of imidazole rings is 1. The molecule has 0 radical (unpaired) electrons. The van der Waals surface area contributed by atoms with Crippen LogP contribution < -0.4 is 10.0 Å². The molecule has 2 N–H and O–H groups in total. The standard InChI is InChI=1S/C25H25FN4O3S/c1-16(2)27-25(31)19-9-7-18(8-10-19)24-28-22-14-21(11-12-23(22)30(24)3)29-34(32,33)15-17-5-4-6-20(26)13-17/h4-14,16,29H,15H2,1-3H3,(H,27,31). The maximum Gasteiger partial charge on any atom is 0.251 e. The first-order chi connectivity index (χ1) is 16.1. The second kappa shape index (κ2) is 9.26. The number of halogens is 1. The minimum atomic E-state index is -3.74. The lowest BCUT2D eigenvalue weighted by Crippen LogP contribution is -2.29. The normalized spacial score (nSPS) is 11.7. The monoisotopic (exact) mass is 480 g/mol. The van der Waals surface area contributed by atoms with Crippen LogP contribution in [0.3, 0.4) is 0 Å². The zero-order valence-electron chi connectivity index (χ0n) is 19.0. The molecule has 3 aromatic carbocycles. The zero-order valence-corrected chi connectivity index (χ0v) is 19.9. The number of benzene rings is 3. The summed E-state index contributed by atoms with van der Waals surface area (Å²) in [7, 11) is -1.87. The van der Waals surface area contributed by atoms with Crippen molar-refractivity contribution in [1.82, 2.24) is 14.9 Å². The first-order valence-electron chi connectivity index (χ1n) is 10.7. The molecule has 1 amide bonds. The van der Waals surface area contributed by atoms with Gasteiger partial charge in [0, 0.05) is 24.2 Å². The summed E-state index contributed by atoms with van der Waals surface area (Å²) in [6, 6.07) is 17.8. The summed E-state index contributed by atoms with van der Waals surface area (Å²) >= 11 is 0. The van der Waals surface area contributed by atoms with Crippen molar-refractivity contribution in [2.45, 2.75) is 25.6 Å². The molecule has 0 aliphatic carbocycles. The molecule has 0 fully saturated rings. The number of rotatable bonds is 7. The van der Waals surface area contributed by atoms with Crippen LogP contribution in [0, 0.1) is 5.82 Å². The van der Waals surface area contributed by atoms with Crippen LogP contribution in [0.25, 0.3) is 22.4 Å². The predicted octanol–water partition coefficient (Wildman–Crippen LogP) is 4.46. The quantitative estimate of drug-likeness (QED) is 0.408. The lowest BCUT2D eigenvalue weighted by atomic mass is 10.1. The third-order valence-corrected chi connectivity index (χ3v) is 6.49. The molecule has 1 heterocycles. The van der Waals surface area contributed by atoms with E-state index in [9.17, 15) is 17.6 Å². The maximum absolute atomic E-state index is 13.4. The summed E-state index contributed by atoms with van der Waals surface area (Å²) in [6.07, 6.45) is 0. The Hall–Kier alpha value is -3.72. The lowest BCUT2D eigenvalue weighted by Gasteiger charge is -2.09. The molecule has 4 aromatic rings. The fourth-order valence-electron chi connectivity index (χ4n) is 3.70. The summed E-state index contributed by atoms with van der Waals surface area (Å²) in [6.45, 7) is 3.81. The number of aryl methyl sites for hydroxylation is 1. The summed E-state index contributed by atoms with van der Waals surface area (Å²) in [5, 5.41) is 2.86. The number of carbonyl (C=O) groups is 1. The molecule has 0 aliphatic rings. The molecule has 1 aromatic heterocycles. The van der Waals surface area contributed by atoms with E-state index < -0.39 is 15.8 Å². The van der Waals surface area contributed by atoms with E-state index >= 15 is 0 Å². The third-order valence-electron chi connectivity index (χ3n) is 5.22. The number of carbonyl (C=O) groups excluding carboxylic acids is 1. The van der Waals surface area contributed by atoms with Gasteiger partial charge in [-0.1, -0.05) is 24.3 Å². The van der Waals surface area contributed by atoms with Crippen LogP contribution in [-0.4, -0.2) is 29.9 Å². The fraction of sp³-hybridized carbons (Fsp3) is 0.200. The summed E-state index contributed by atoms with van der Waals surface area (Å²) < 4.78 is 43.0. The van der Waals surface area contributed by atoms with Crippen LogP contribution in [0.2, 0.25) is 0 Å². The molecule has 9 heteroatoms. The van der Waals surface area contributed by atoms with Crippen LogP contribution in [0.4, 0.5) is 10.1 Å². The minimum absolute atomic E-state index is 0.0486. The molecule has 0 spiro atoms. The Morgan fingerprint density at radius 2 is 1.79 bits per heavy atom. The lowest BCUT2D eigenvalue weighted by molar-refractivity contribution is 0.0943. The Bertz CT molecular complexity index is 1460. The topological polar surface area (TPSA) is 93.1 Å². The first kappa shape index (κ1) is 23.4. The van der Waals surface area contributed by atoms with E-state index in [-0.39, 0.29) is 17.7 Å². The van der Waals surface area contributed by atoms with E-state index in [1.165, 1.54) is 18.2 Å². The van der Waals surface area contributed by atoms with E-state index in [0.29, 0.717) is 28.2 Å². The van der Waals surface area contributed by atoms with Gasteiger partial charge in [0.15, 0.2) is 0 Å². The number of hydrogen-bond acceptors (Lipinski definition) is 4. The molecule has 7 nitrogen and oxygen atoms in total. The van der Waals surface area contributed by atoms with Crippen molar-refractivity contribution in [3.63, 3.8) is 0 Å². The van der Waals surface area contributed by atoms with Crippen molar-refractivity contribution in [3.05, 3.63) is 83.7 Å². The molecular formula is C25H25FN4O3S. The Labute approximate surface area is 197 Å². The van der Waals surface area contributed by atoms with Gasteiger partial charge < -0.3 is 9.88 Å². The van der Waals surface area contributed by atoms with Crippen molar-refractivity contribution < 1.29 is 17.6 Å². The van der Waals surface area contributed by atoms with Gasteiger partial charge in [-0.25, -0.2) is 17.8 Å². The van der Waals surface area contributed by atoms with E-state index in [0.717, 1.165) is 11.1 Å². The highest BCUT2D eigenvalue weighted by Gasteiger charge is 2.15. The van der Waals surface area contributed by atoms with Gasteiger partial charge in [-0.05, 0) is 61.9 Å². The molecule has 0 bridgehead atoms. The van der Waals surface area contributed by atoms with Crippen LogP contribution in [0.1, 0.15) is 29.8 Å². The van der Waals surface area contributed by atoms with Gasteiger partial charge in [0.25, 0.3) is 5.91 Å². The maximum atomic E-state index is 13.4. The summed E-state index contributed by atoms with van der Waals surface area (Å²) in [5.41, 5.74) is 3.56. The summed E-state index contributed by atoms with van der Waals surface area (Å²) in [5.74, 6) is -0.275. The van der Waals surface area contributed by atoms with Crippen LogP contribution in [0.15, 0.2) is 66.7 Å². The average Bonchev–Trinajstić information content (AvgIpc) is 3.08. The van der Waals surface area contributed by atoms with E-state index in [1.54, 1.807) is 36.4 Å². The van der Waals surface area contributed by atoms with Crippen LogP contribution >= 0.6 is 0 Å². The minimum Gasteiger partial charge on any atom is -0.350 e. The number of anilines is 1. The van der Waals surface area contributed by atoms with Crippen molar-refractivity contribution in [2.24, 2.45) is 7.05 Å². The molecule has 176 valence electrons. The van der Waals surface area contributed by atoms with Gasteiger partial charge in [0.05, 0.1) is 22.5 Å². The van der Waals surface area contributed by atoms with Gasteiger partial charge in [0.1, 0.15) is 11.6 Å². The van der Waals surface area contributed by atoms with Crippen molar-refractivity contribution >= 4 is 32.7 Å². The number of fused-ring (bicyclic) bond motifs is 1. The van der Waals surface area contributed by atoms with Crippen LogP contribution in [-0.2, 0) is 22.8 Å². The van der Waals surface area contributed by atoms with Crippen molar-refractivity contribution in [1.29, 1.82) is 0 Å². The Kier molecular flexibility index (Phi) is 6.39. The Balaban J connectivity index is 1.57. The molecule has 0 aliphatic heterocycles. The van der Waals surface area contributed by atoms with Gasteiger partial charge >= 0.3 is 0 Å². The molecule has 34 heavy (non-hydrogen) atoms. The van der Waals surface area contributed by atoms with E-state index in [2.05, 4.69) is 15.0 Å². The van der Waals surface area contributed by atoms with Gasteiger partial charge in [-0.15, -0.1) is 0 Å². The predicted molar refractivity (Wildman–Crippen MR) is 131 cm³/mol. The molecule has 0 saturated carbocycles. The average molecular weight is 481 g/mol. The van der Waals surface area contributed by atoms with E-state index in [1.807, 2.05) is 37.6 Å². The SMILES string of the molecule is CC(C)NC(=O)c1ccc(-c2nc3cc(NS(=O)(=O)Cc4cccc(F)c4)ccc3n2C)cc1. The second-order valence-electron chi connectivity index (χ2n) is 8.39. The largest absolute Gasteiger partial charge is 0.350 e. The number of sulfonamides is 1. The molecular weight excluding hydrogens is 455 g/mol. The number of nitrogens with zero attached hydrogens (tertiary/aromatic N) is 2. The van der Waals surface area contributed by atoms with Gasteiger partial charge in [-0.3, -0.25) is 9.52 Å². The molecule has 0 saturated heterocycles. The van der Waals surface area contributed by atoms with Crippen molar-refractivity contribution in [3.8, 4) is 11.4 Å². The fourth-order valence-corrected chi connectivity index (χ4v) is 4.88. The molecule has 0 atom stereocenters. The third kappa shape index (κ3) is 5.26. The Morgan fingerprint density at radius 3 is 2.47 bits per heavy atom. The van der Waals surface area contributed by atoms with Crippen LogP contribution in [0.5, 0.6) is 0 Å². The van der Waals surface area contributed by atoms with E-state index in [4.69, 9.17) is 0 Å². The highest BCUT2D eigenvalue weighted by Crippen LogP contribution is 2.26. The van der Waals surface area contributed by atoms with Gasteiger partial charge in [0.2, 0.25) is 10.0 Å².